The number of carbonyl (C=O) groups excluding carboxylic acids is 2. The van der Waals surface area contributed by atoms with E-state index in [1.54, 1.807) is 19.2 Å². The van der Waals surface area contributed by atoms with E-state index < -0.39 is 6.04 Å². The Morgan fingerprint density at radius 1 is 1.15 bits per heavy atom. The molecular formula is C19H20N4O3. The maximum absolute atomic E-state index is 12.1. The number of aliphatic imine (C=N–C) groups is 1. The van der Waals surface area contributed by atoms with E-state index in [9.17, 15) is 9.59 Å². The third-order valence-corrected chi connectivity index (χ3v) is 3.89. The third-order valence-electron chi connectivity index (χ3n) is 3.89. The molecule has 1 atom stereocenters. The van der Waals surface area contributed by atoms with Gasteiger partial charge in [0.1, 0.15) is 11.8 Å². The molecule has 2 amide bonds. The molecule has 0 aliphatic carbocycles. The van der Waals surface area contributed by atoms with E-state index >= 15 is 0 Å². The van der Waals surface area contributed by atoms with Crippen LogP contribution in [-0.2, 0) is 16.1 Å². The molecule has 0 fully saturated rings. The Bertz CT molecular complexity index is 803. The Morgan fingerprint density at radius 3 is 2.58 bits per heavy atom. The van der Waals surface area contributed by atoms with Gasteiger partial charge in [0.25, 0.3) is 5.91 Å². The first-order valence-electron chi connectivity index (χ1n) is 8.24. The van der Waals surface area contributed by atoms with Gasteiger partial charge in [-0.1, -0.05) is 30.3 Å². The second-order valence-electron chi connectivity index (χ2n) is 5.80. The molecule has 0 aromatic heterocycles. The number of hydrogen-bond donors (Lipinski definition) is 3. The van der Waals surface area contributed by atoms with E-state index in [0.717, 1.165) is 17.0 Å². The lowest BCUT2D eigenvalue weighted by atomic mass is 10.2. The molecule has 0 saturated carbocycles. The van der Waals surface area contributed by atoms with Crippen LogP contribution in [0.25, 0.3) is 0 Å². The van der Waals surface area contributed by atoms with Crippen LogP contribution in [0.2, 0.25) is 0 Å². The largest absolute Gasteiger partial charge is 0.497 e. The van der Waals surface area contributed by atoms with Gasteiger partial charge in [0.15, 0.2) is 0 Å². The minimum absolute atomic E-state index is 0.00641. The Kier molecular flexibility index (Phi) is 5.48. The van der Waals surface area contributed by atoms with Crippen molar-refractivity contribution < 1.29 is 14.3 Å². The third kappa shape index (κ3) is 4.60. The van der Waals surface area contributed by atoms with Crippen LogP contribution >= 0.6 is 0 Å². The molecule has 7 nitrogen and oxygen atoms in total. The Hall–Kier alpha value is -3.35. The van der Waals surface area contributed by atoms with E-state index in [4.69, 9.17) is 4.74 Å². The maximum atomic E-state index is 12.1. The summed E-state index contributed by atoms with van der Waals surface area (Å²) >= 11 is 0. The lowest BCUT2D eigenvalue weighted by Gasteiger charge is -2.06. The van der Waals surface area contributed by atoms with Gasteiger partial charge in [-0.05, 0) is 29.8 Å². The van der Waals surface area contributed by atoms with Crippen LogP contribution in [0.5, 0.6) is 5.75 Å². The predicted molar refractivity (Wildman–Crippen MR) is 98.9 cm³/mol. The fourth-order valence-electron chi connectivity index (χ4n) is 2.50. The highest BCUT2D eigenvalue weighted by Crippen LogP contribution is 2.16. The number of hydrogen-bond acceptors (Lipinski definition) is 5. The van der Waals surface area contributed by atoms with Gasteiger partial charge in [0.2, 0.25) is 11.9 Å². The minimum Gasteiger partial charge on any atom is -0.497 e. The van der Waals surface area contributed by atoms with Gasteiger partial charge in [-0.2, -0.15) is 0 Å². The molecule has 26 heavy (non-hydrogen) atoms. The van der Waals surface area contributed by atoms with Gasteiger partial charge >= 0.3 is 0 Å². The lowest BCUT2D eigenvalue weighted by molar-refractivity contribution is -0.126. The number of methoxy groups -OCH3 is 1. The summed E-state index contributed by atoms with van der Waals surface area (Å²) in [5.41, 5.74) is 1.76. The molecule has 7 heteroatoms. The van der Waals surface area contributed by atoms with E-state index in [-0.39, 0.29) is 18.2 Å². The number of nitrogens with one attached hydrogen (secondary N) is 3. The highest BCUT2D eigenvalue weighted by atomic mass is 16.5. The van der Waals surface area contributed by atoms with Gasteiger partial charge in [-0.15, -0.1) is 0 Å². The summed E-state index contributed by atoms with van der Waals surface area (Å²) in [6.07, 6.45) is 0.00641. The molecule has 0 spiro atoms. The average Bonchev–Trinajstić information content (AvgIpc) is 3.00. The number of rotatable bonds is 6. The second kappa shape index (κ2) is 8.15. The van der Waals surface area contributed by atoms with Gasteiger partial charge < -0.3 is 15.4 Å². The number of guanidine groups is 1. The van der Waals surface area contributed by atoms with Crippen molar-refractivity contribution in [1.82, 2.24) is 10.6 Å². The Morgan fingerprint density at radius 2 is 1.88 bits per heavy atom. The highest BCUT2D eigenvalue weighted by molar-refractivity contribution is 6.11. The molecule has 1 heterocycles. The van der Waals surface area contributed by atoms with Crippen molar-refractivity contribution in [1.29, 1.82) is 0 Å². The summed E-state index contributed by atoms with van der Waals surface area (Å²) in [5.74, 6) is 0.557. The molecule has 1 aliphatic heterocycles. The zero-order chi connectivity index (χ0) is 18.4. The van der Waals surface area contributed by atoms with E-state index in [1.807, 2.05) is 42.5 Å². The summed E-state index contributed by atoms with van der Waals surface area (Å²) in [4.78, 5) is 28.3. The number of carbonyl (C=O) groups is 2. The molecule has 134 valence electrons. The zero-order valence-electron chi connectivity index (χ0n) is 14.4. The molecular weight excluding hydrogens is 332 g/mol. The highest BCUT2D eigenvalue weighted by Gasteiger charge is 2.28. The van der Waals surface area contributed by atoms with E-state index in [1.165, 1.54) is 0 Å². The monoisotopic (exact) mass is 352 g/mol. The first-order valence-corrected chi connectivity index (χ1v) is 8.24. The summed E-state index contributed by atoms with van der Waals surface area (Å²) in [7, 11) is 1.59. The second-order valence-corrected chi connectivity index (χ2v) is 5.80. The van der Waals surface area contributed by atoms with Crippen LogP contribution in [0.3, 0.4) is 0 Å². The van der Waals surface area contributed by atoms with Crippen molar-refractivity contribution in [2.75, 3.05) is 12.4 Å². The summed E-state index contributed by atoms with van der Waals surface area (Å²) in [6.45, 7) is 0.425. The van der Waals surface area contributed by atoms with Crippen molar-refractivity contribution in [2.24, 2.45) is 4.99 Å². The number of benzene rings is 2. The number of anilines is 1. The van der Waals surface area contributed by atoms with Gasteiger partial charge in [-0.25, -0.2) is 4.99 Å². The molecule has 0 bridgehead atoms. The van der Waals surface area contributed by atoms with Gasteiger partial charge in [0.05, 0.1) is 13.5 Å². The van der Waals surface area contributed by atoms with Crippen molar-refractivity contribution >= 4 is 23.5 Å². The molecule has 1 aliphatic rings. The maximum Gasteiger partial charge on any atom is 0.252 e. The van der Waals surface area contributed by atoms with Crippen LogP contribution in [0.4, 0.5) is 5.69 Å². The molecule has 3 N–H and O–H groups in total. The SMILES string of the molecule is COc1ccc(NC2=N[C@@H](CC(=O)NCc3ccccc3)C(=O)N2)cc1. The Labute approximate surface area is 151 Å². The summed E-state index contributed by atoms with van der Waals surface area (Å²) in [6, 6.07) is 16.1. The normalized spacial score (nSPS) is 15.8. The van der Waals surface area contributed by atoms with Crippen molar-refractivity contribution in [2.45, 2.75) is 19.0 Å². The molecule has 0 saturated heterocycles. The Balaban J connectivity index is 1.52. The number of amides is 2. The first-order chi connectivity index (χ1) is 12.6. The molecule has 2 aromatic rings. The standard InChI is InChI=1S/C19H20N4O3/c1-26-15-9-7-14(8-10-15)21-19-22-16(18(25)23-19)11-17(24)20-12-13-5-3-2-4-6-13/h2-10,16H,11-12H2,1H3,(H,20,24)(H2,21,22,23,25)/t16-/m0/s1. The molecule has 0 radical (unpaired) electrons. The van der Waals surface area contributed by atoms with Gasteiger partial charge in [-0.3, -0.25) is 14.9 Å². The van der Waals surface area contributed by atoms with Crippen LogP contribution in [0, 0.1) is 0 Å². The quantitative estimate of drug-likeness (QED) is 0.737. The number of ether oxygens (including phenoxy) is 1. The fraction of sp³-hybridized carbons (Fsp3) is 0.211. The van der Waals surface area contributed by atoms with Crippen molar-refractivity contribution in [3.8, 4) is 5.75 Å². The van der Waals surface area contributed by atoms with Crippen LogP contribution < -0.4 is 20.7 Å². The average molecular weight is 352 g/mol. The topological polar surface area (TPSA) is 91.8 Å². The summed E-state index contributed by atoms with van der Waals surface area (Å²) in [5, 5.41) is 8.46. The van der Waals surface area contributed by atoms with E-state index in [0.29, 0.717) is 12.5 Å². The summed E-state index contributed by atoms with van der Waals surface area (Å²) < 4.78 is 5.10. The van der Waals surface area contributed by atoms with E-state index in [2.05, 4.69) is 20.9 Å². The molecule has 2 aromatic carbocycles. The smallest absolute Gasteiger partial charge is 0.252 e. The zero-order valence-corrected chi connectivity index (χ0v) is 14.4. The van der Waals surface area contributed by atoms with Crippen molar-refractivity contribution in [3.05, 3.63) is 60.2 Å². The van der Waals surface area contributed by atoms with Crippen molar-refractivity contribution in [3.63, 3.8) is 0 Å². The molecule has 3 rings (SSSR count). The fourth-order valence-corrected chi connectivity index (χ4v) is 2.50. The first kappa shape index (κ1) is 17.5. The van der Waals surface area contributed by atoms with Crippen LogP contribution in [0.1, 0.15) is 12.0 Å². The lowest BCUT2D eigenvalue weighted by Crippen LogP contribution is -2.35. The van der Waals surface area contributed by atoms with Gasteiger partial charge in [0, 0.05) is 12.2 Å². The molecule has 0 unspecified atom stereocenters. The predicted octanol–water partition coefficient (Wildman–Crippen LogP) is 1.67. The van der Waals surface area contributed by atoms with Crippen LogP contribution in [-0.4, -0.2) is 30.9 Å². The minimum atomic E-state index is -0.730. The van der Waals surface area contributed by atoms with Crippen LogP contribution in [0.15, 0.2) is 59.6 Å². The number of nitrogens with zero attached hydrogens (tertiary/aromatic N) is 1.